The molecule has 0 saturated heterocycles. The van der Waals surface area contributed by atoms with Crippen LogP contribution in [0.3, 0.4) is 0 Å². The molecule has 10 heteroatoms. The third-order valence-electron chi connectivity index (χ3n) is 2.47. The first-order valence-electron chi connectivity index (χ1n) is 5.72. The van der Waals surface area contributed by atoms with Crippen molar-refractivity contribution in [1.82, 2.24) is 4.72 Å². The van der Waals surface area contributed by atoms with Crippen molar-refractivity contribution in [1.29, 1.82) is 0 Å². The zero-order valence-electron chi connectivity index (χ0n) is 10.5. The summed E-state index contributed by atoms with van der Waals surface area (Å²) in [6, 6.07) is 2.36. The summed E-state index contributed by atoms with van der Waals surface area (Å²) in [4.78, 5) is -0.382. The molecule has 1 aromatic rings. The summed E-state index contributed by atoms with van der Waals surface area (Å²) in [6.07, 6.45) is -5.84. The predicted octanol–water partition coefficient (Wildman–Crippen LogP) is 3.11. The molecule has 4 nitrogen and oxygen atoms in total. The third-order valence-corrected chi connectivity index (χ3v) is 4.73. The van der Waals surface area contributed by atoms with Crippen LogP contribution in [0.4, 0.5) is 13.2 Å². The highest BCUT2D eigenvalue weighted by Gasteiger charge is 2.27. The van der Waals surface area contributed by atoms with Crippen LogP contribution in [0.2, 0.25) is 10.0 Å². The number of hydrogen-bond acceptors (Lipinski definition) is 3. The van der Waals surface area contributed by atoms with Gasteiger partial charge in [-0.3, -0.25) is 0 Å². The fraction of sp³-hybridized carbons (Fsp3) is 0.455. The van der Waals surface area contributed by atoms with Crippen LogP contribution in [0, 0.1) is 0 Å². The maximum Gasteiger partial charge on any atom is 0.389 e. The SMILES string of the molecule is O=S(=O)(NCCCC(F)(F)F)c1cc(Cl)cc(CO)c1Cl. The van der Waals surface area contributed by atoms with Crippen molar-refractivity contribution in [2.75, 3.05) is 6.54 Å². The van der Waals surface area contributed by atoms with Crippen LogP contribution >= 0.6 is 23.2 Å². The molecule has 0 aliphatic heterocycles. The summed E-state index contributed by atoms with van der Waals surface area (Å²) >= 11 is 11.6. The monoisotopic (exact) mass is 365 g/mol. The molecular formula is C11H12Cl2F3NO3S. The van der Waals surface area contributed by atoms with Crippen LogP contribution in [0.15, 0.2) is 17.0 Å². The van der Waals surface area contributed by atoms with Crippen molar-refractivity contribution >= 4 is 33.2 Å². The number of aliphatic hydroxyl groups is 1. The highest BCUT2D eigenvalue weighted by atomic mass is 35.5. The Bertz CT molecular complexity index is 605. The molecular weight excluding hydrogens is 354 g/mol. The fourth-order valence-electron chi connectivity index (χ4n) is 1.50. The standard InChI is InChI=1S/C11H12Cl2F3NO3S/c12-8-4-7(6-18)10(13)9(5-8)21(19,20)17-3-1-2-11(14,15)16/h4-5,17-18H,1-3,6H2. The van der Waals surface area contributed by atoms with E-state index in [4.69, 9.17) is 28.3 Å². The average Bonchev–Trinajstić information content (AvgIpc) is 2.36. The second kappa shape index (κ2) is 7.15. The first-order chi connectivity index (χ1) is 9.57. The van der Waals surface area contributed by atoms with Crippen LogP contribution < -0.4 is 4.72 Å². The number of aliphatic hydroxyl groups excluding tert-OH is 1. The topological polar surface area (TPSA) is 66.4 Å². The van der Waals surface area contributed by atoms with E-state index in [1.807, 2.05) is 4.72 Å². The number of sulfonamides is 1. The lowest BCUT2D eigenvalue weighted by Gasteiger charge is -2.12. The molecule has 0 bridgehead atoms. The summed E-state index contributed by atoms with van der Waals surface area (Å²) in [5.41, 5.74) is 0.111. The van der Waals surface area contributed by atoms with Crippen molar-refractivity contribution in [3.05, 3.63) is 27.7 Å². The molecule has 0 aliphatic rings. The molecule has 0 heterocycles. The molecule has 120 valence electrons. The maximum absolute atomic E-state index is 12.0. The minimum atomic E-state index is -4.34. The van der Waals surface area contributed by atoms with E-state index in [0.717, 1.165) is 6.07 Å². The molecule has 0 spiro atoms. The quantitative estimate of drug-likeness (QED) is 0.761. The van der Waals surface area contributed by atoms with Gasteiger partial charge in [-0.05, 0) is 24.1 Å². The number of hydrogen-bond donors (Lipinski definition) is 2. The fourth-order valence-corrected chi connectivity index (χ4v) is 3.50. The maximum atomic E-state index is 12.0. The Morgan fingerprint density at radius 2 is 1.86 bits per heavy atom. The Morgan fingerprint density at radius 3 is 2.38 bits per heavy atom. The van der Waals surface area contributed by atoms with Crippen LogP contribution in [0.1, 0.15) is 18.4 Å². The lowest BCUT2D eigenvalue weighted by molar-refractivity contribution is -0.135. The van der Waals surface area contributed by atoms with E-state index >= 15 is 0 Å². The van der Waals surface area contributed by atoms with Gasteiger partial charge in [0, 0.05) is 18.0 Å². The first-order valence-corrected chi connectivity index (χ1v) is 7.96. The van der Waals surface area contributed by atoms with Crippen molar-refractivity contribution in [3.63, 3.8) is 0 Å². The zero-order chi connectivity index (χ0) is 16.3. The minimum Gasteiger partial charge on any atom is -0.392 e. The molecule has 0 atom stereocenters. The van der Waals surface area contributed by atoms with Gasteiger partial charge in [-0.15, -0.1) is 0 Å². The summed E-state index contributed by atoms with van der Waals surface area (Å²) in [6.45, 7) is -0.908. The predicted molar refractivity (Wildman–Crippen MR) is 72.9 cm³/mol. The molecule has 1 aromatic carbocycles. The Morgan fingerprint density at radius 1 is 1.24 bits per heavy atom. The number of halogens is 5. The molecule has 0 saturated carbocycles. The molecule has 0 amide bonds. The van der Waals surface area contributed by atoms with Crippen molar-refractivity contribution in [2.24, 2.45) is 0 Å². The highest BCUT2D eigenvalue weighted by molar-refractivity contribution is 7.89. The van der Waals surface area contributed by atoms with E-state index in [2.05, 4.69) is 0 Å². The molecule has 2 N–H and O–H groups in total. The van der Waals surface area contributed by atoms with Gasteiger partial charge >= 0.3 is 6.18 Å². The third kappa shape index (κ3) is 5.63. The molecule has 0 fully saturated rings. The van der Waals surface area contributed by atoms with Crippen molar-refractivity contribution in [3.8, 4) is 0 Å². The number of alkyl halides is 3. The van der Waals surface area contributed by atoms with Gasteiger partial charge in [-0.2, -0.15) is 13.2 Å². The molecule has 0 radical (unpaired) electrons. The Balaban J connectivity index is 2.86. The molecule has 1 rings (SSSR count). The van der Waals surface area contributed by atoms with Gasteiger partial charge in [0.1, 0.15) is 4.90 Å². The van der Waals surface area contributed by atoms with E-state index in [1.165, 1.54) is 6.07 Å². The van der Waals surface area contributed by atoms with Crippen LogP contribution in [0.5, 0.6) is 0 Å². The Hall–Kier alpha value is -0.540. The van der Waals surface area contributed by atoms with Gasteiger partial charge < -0.3 is 5.11 Å². The molecule has 21 heavy (non-hydrogen) atoms. The number of benzene rings is 1. The van der Waals surface area contributed by atoms with Crippen molar-refractivity contribution < 1.29 is 26.7 Å². The largest absolute Gasteiger partial charge is 0.392 e. The van der Waals surface area contributed by atoms with E-state index in [1.54, 1.807) is 0 Å². The van der Waals surface area contributed by atoms with E-state index in [9.17, 15) is 21.6 Å². The van der Waals surface area contributed by atoms with Crippen LogP contribution in [-0.4, -0.2) is 26.2 Å². The summed E-state index contributed by atoms with van der Waals surface area (Å²) in [5, 5.41) is 8.88. The van der Waals surface area contributed by atoms with E-state index in [0.29, 0.717) is 0 Å². The Labute approximate surface area is 129 Å². The number of nitrogens with one attached hydrogen (secondary N) is 1. The van der Waals surface area contributed by atoms with Gasteiger partial charge in [-0.1, -0.05) is 23.2 Å². The van der Waals surface area contributed by atoms with E-state index in [-0.39, 0.29) is 27.0 Å². The number of rotatable bonds is 6. The van der Waals surface area contributed by atoms with Crippen molar-refractivity contribution in [2.45, 2.75) is 30.5 Å². The van der Waals surface area contributed by atoms with Gasteiger partial charge in [0.05, 0.1) is 11.6 Å². The Kier molecular flexibility index (Phi) is 6.30. The second-order valence-electron chi connectivity index (χ2n) is 4.15. The van der Waals surface area contributed by atoms with Crippen LogP contribution in [-0.2, 0) is 16.6 Å². The summed E-state index contributed by atoms with van der Waals surface area (Å²) in [7, 11) is -4.11. The minimum absolute atomic E-state index is 0.0408. The van der Waals surface area contributed by atoms with Gasteiger partial charge in [0.25, 0.3) is 0 Å². The zero-order valence-corrected chi connectivity index (χ0v) is 12.9. The lowest BCUT2D eigenvalue weighted by atomic mass is 10.2. The lowest BCUT2D eigenvalue weighted by Crippen LogP contribution is -2.26. The van der Waals surface area contributed by atoms with Gasteiger partial charge in [0.15, 0.2) is 0 Å². The van der Waals surface area contributed by atoms with Crippen LogP contribution in [0.25, 0.3) is 0 Å². The summed E-state index contributed by atoms with van der Waals surface area (Å²) < 4.78 is 61.9. The normalized spacial score (nSPS) is 12.7. The first kappa shape index (κ1) is 18.5. The van der Waals surface area contributed by atoms with Gasteiger partial charge in [-0.25, -0.2) is 13.1 Å². The average molecular weight is 366 g/mol. The molecule has 0 unspecified atom stereocenters. The molecule has 0 aromatic heterocycles. The molecule has 0 aliphatic carbocycles. The van der Waals surface area contributed by atoms with E-state index < -0.39 is 35.6 Å². The highest BCUT2D eigenvalue weighted by Crippen LogP contribution is 2.29. The second-order valence-corrected chi connectivity index (χ2v) is 6.70. The smallest absolute Gasteiger partial charge is 0.389 e. The van der Waals surface area contributed by atoms with Gasteiger partial charge in [0.2, 0.25) is 10.0 Å². The summed E-state index contributed by atoms with van der Waals surface area (Å²) in [5.74, 6) is 0.